The number of tetrazole rings is 1. The first-order chi connectivity index (χ1) is 15.7. The highest BCUT2D eigenvalue weighted by molar-refractivity contribution is 6.03. The van der Waals surface area contributed by atoms with Crippen LogP contribution in [-0.4, -0.2) is 60.4 Å². The van der Waals surface area contributed by atoms with Gasteiger partial charge in [-0.05, 0) is 81.3 Å². The first-order valence-electron chi connectivity index (χ1n) is 11.0. The maximum absolute atomic E-state index is 13.1. The van der Waals surface area contributed by atoms with Crippen LogP contribution in [0.25, 0.3) is 5.69 Å². The standard InChI is InChI=1S/C23H29N7O3/c1-16-25-26-27-30(16)19-8-5-7-17(15-19)24-21(31)20-9-6-12-29(20)18-10-13-28(14-11-18)22(32)33-23(2,3)4/h5-9,12,15,18H,10-11,13-14H2,1-4H3,(H,24,31). The van der Waals surface area contributed by atoms with E-state index in [9.17, 15) is 9.59 Å². The molecule has 4 rings (SSSR count). The first-order valence-corrected chi connectivity index (χ1v) is 11.0. The number of aryl methyl sites for hydroxylation is 1. The molecule has 2 amide bonds. The minimum atomic E-state index is -0.514. The lowest BCUT2D eigenvalue weighted by Gasteiger charge is -2.34. The summed E-state index contributed by atoms with van der Waals surface area (Å²) >= 11 is 0. The van der Waals surface area contributed by atoms with Gasteiger partial charge in [0, 0.05) is 31.0 Å². The molecule has 1 saturated heterocycles. The van der Waals surface area contributed by atoms with E-state index in [4.69, 9.17) is 4.74 Å². The van der Waals surface area contributed by atoms with E-state index in [2.05, 4.69) is 20.8 Å². The quantitative estimate of drug-likeness (QED) is 0.650. The van der Waals surface area contributed by atoms with E-state index in [1.807, 2.05) is 74.9 Å². The molecule has 0 aliphatic carbocycles. The van der Waals surface area contributed by atoms with Gasteiger partial charge in [-0.3, -0.25) is 4.79 Å². The lowest BCUT2D eigenvalue weighted by Crippen LogP contribution is -2.42. The Kier molecular flexibility index (Phi) is 6.17. The van der Waals surface area contributed by atoms with E-state index in [0.717, 1.165) is 18.5 Å². The smallest absolute Gasteiger partial charge is 0.410 e. The van der Waals surface area contributed by atoms with Crippen LogP contribution in [0.15, 0.2) is 42.6 Å². The molecule has 0 spiro atoms. The second-order valence-electron chi connectivity index (χ2n) is 9.14. The third-order valence-electron chi connectivity index (χ3n) is 5.50. The minimum Gasteiger partial charge on any atom is -0.444 e. The Morgan fingerprint density at radius 2 is 1.88 bits per heavy atom. The summed E-state index contributed by atoms with van der Waals surface area (Å²) in [5.41, 5.74) is 1.48. The largest absolute Gasteiger partial charge is 0.444 e. The molecule has 174 valence electrons. The number of piperidine rings is 1. The average Bonchev–Trinajstić information content (AvgIpc) is 3.42. The van der Waals surface area contributed by atoms with Crippen LogP contribution in [0.3, 0.4) is 0 Å². The lowest BCUT2D eigenvalue weighted by molar-refractivity contribution is 0.0187. The van der Waals surface area contributed by atoms with Crippen LogP contribution in [0.5, 0.6) is 0 Å². The Hall–Kier alpha value is -3.69. The van der Waals surface area contributed by atoms with Crippen LogP contribution < -0.4 is 5.32 Å². The van der Waals surface area contributed by atoms with Crippen LogP contribution in [0.2, 0.25) is 0 Å². The van der Waals surface area contributed by atoms with E-state index in [0.29, 0.717) is 30.3 Å². The summed E-state index contributed by atoms with van der Waals surface area (Å²) < 4.78 is 9.08. The van der Waals surface area contributed by atoms with E-state index in [1.54, 1.807) is 9.58 Å². The number of rotatable bonds is 4. The first kappa shape index (κ1) is 22.5. The van der Waals surface area contributed by atoms with Crippen LogP contribution >= 0.6 is 0 Å². The molecular weight excluding hydrogens is 422 g/mol. The van der Waals surface area contributed by atoms with Gasteiger partial charge in [-0.1, -0.05) is 6.07 Å². The van der Waals surface area contributed by atoms with Crippen molar-refractivity contribution in [2.45, 2.75) is 52.2 Å². The third-order valence-corrected chi connectivity index (χ3v) is 5.50. The van der Waals surface area contributed by atoms with Gasteiger partial charge >= 0.3 is 6.09 Å². The molecule has 3 aromatic rings. The van der Waals surface area contributed by atoms with Crippen LogP contribution in [-0.2, 0) is 4.74 Å². The maximum Gasteiger partial charge on any atom is 0.410 e. The number of ether oxygens (including phenoxy) is 1. The molecule has 0 unspecified atom stereocenters. The number of nitrogens with one attached hydrogen (secondary N) is 1. The molecule has 1 aliphatic heterocycles. The normalized spacial score (nSPS) is 14.8. The fourth-order valence-corrected chi connectivity index (χ4v) is 3.94. The number of carbonyl (C=O) groups excluding carboxylic acids is 2. The van der Waals surface area contributed by atoms with Crippen molar-refractivity contribution in [3.05, 3.63) is 54.1 Å². The van der Waals surface area contributed by atoms with Gasteiger partial charge in [-0.15, -0.1) is 5.10 Å². The number of benzene rings is 1. The molecule has 1 fully saturated rings. The summed E-state index contributed by atoms with van der Waals surface area (Å²) in [6.07, 6.45) is 3.14. The van der Waals surface area contributed by atoms with Gasteiger partial charge in [0.2, 0.25) is 0 Å². The highest BCUT2D eigenvalue weighted by Gasteiger charge is 2.28. The molecule has 10 heteroatoms. The van der Waals surface area contributed by atoms with Crippen molar-refractivity contribution in [2.24, 2.45) is 0 Å². The van der Waals surface area contributed by atoms with Crippen molar-refractivity contribution >= 4 is 17.7 Å². The highest BCUT2D eigenvalue weighted by atomic mass is 16.6. The molecule has 33 heavy (non-hydrogen) atoms. The topological polar surface area (TPSA) is 107 Å². The molecule has 1 aromatic carbocycles. The Bertz CT molecular complexity index is 1140. The zero-order valence-corrected chi connectivity index (χ0v) is 19.4. The molecule has 0 radical (unpaired) electrons. The van der Waals surface area contributed by atoms with Crippen LogP contribution in [0, 0.1) is 6.92 Å². The van der Waals surface area contributed by atoms with Crippen molar-refractivity contribution in [3.8, 4) is 5.69 Å². The van der Waals surface area contributed by atoms with Gasteiger partial charge in [0.25, 0.3) is 5.91 Å². The molecule has 1 aliphatic rings. The highest BCUT2D eigenvalue weighted by Crippen LogP contribution is 2.26. The summed E-state index contributed by atoms with van der Waals surface area (Å²) in [6.45, 7) is 8.58. The number of carbonyl (C=O) groups is 2. The number of anilines is 1. The third kappa shape index (κ3) is 5.21. The summed E-state index contributed by atoms with van der Waals surface area (Å²) in [4.78, 5) is 27.1. The number of hydrogen-bond acceptors (Lipinski definition) is 6. The van der Waals surface area contributed by atoms with Crippen molar-refractivity contribution < 1.29 is 14.3 Å². The van der Waals surface area contributed by atoms with E-state index in [-0.39, 0.29) is 18.0 Å². The number of hydrogen-bond donors (Lipinski definition) is 1. The fraction of sp³-hybridized carbons (Fsp3) is 0.435. The van der Waals surface area contributed by atoms with E-state index >= 15 is 0 Å². The summed E-state index contributed by atoms with van der Waals surface area (Å²) in [5, 5.41) is 14.5. The van der Waals surface area contributed by atoms with Gasteiger partial charge in [-0.2, -0.15) is 4.68 Å². The molecule has 0 atom stereocenters. The van der Waals surface area contributed by atoms with Gasteiger partial charge < -0.3 is 19.5 Å². The summed E-state index contributed by atoms with van der Waals surface area (Å²) in [6, 6.07) is 11.2. The zero-order valence-electron chi connectivity index (χ0n) is 19.4. The molecule has 10 nitrogen and oxygen atoms in total. The molecule has 2 aromatic heterocycles. The Balaban J connectivity index is 1.42. The van der Waals surface area contributed by atoms with Gasteiger partial charge in [-0.25, -0.2) is 4.79 Å². The predicted molar refractivity (Wildman–Crippen MR) is 122 cm³/mol. The van der Waals surface area contributed by atoms with Crippen molar-refractivity contribution in [3.63, 3.8) is 0 Å². The second kappa shape index (κ2) is 9.05. The monoisotopic (exact) mass is 451 g/mol. The average molecular weight is 452 g/mol. The van der Waals surface area contributed by atoms with Gasteiger partial charge in [0.15, 0.2) is 5.82 Å². The van der Waals surface area contributed by atoms with E-state index < -0.39 is 5.60 Å². The lowest BCUT2D eigenvalue weighted by atomic mass is 10.0. The van der Waals surface area contributed by atoms with Crippen molar-refractivity contribution in [1.29, 1.82) is 0 Å². The molecule has 0 saturated carbocycles. The number of amides is 2. The Morgan fingerprint density at radius 1 is 1.12 bits per heavy atom. The molecular formula is C23H29N7O3. The molecule has 3 heterocycles. The Morgan fingerprint density at radius 3 is 2.55 bits per heavy atom. The fourth-order valence-electron chi connectivity index (χ4n) is 3.94. The zero-order chi connectivity index (χ0) is 23.6. The SMILES string of the molecule is Cc1nnnn1-c1cccc(NC(=O)c2cccn2C2CCN(C(=O)OC(C)(C)C)CC2)c1. The van der Waals surface area contributed by atoms with Crippen LogP contribution in [0.1, 0.15) is 56.0 Å². The van der Waals surface area contributed by atoms with Gasteiger partial charge in [0.05, 0.1) is 5.69 Å². The van der Waals surface area contributed by atoms with E-state index in [1.165, 1.54) is 0 Å². The number of likely N-dealkylation sites (tertiary alicyclic amines) is 1. The number of aromatic nitrogens is 5. The van der Waals surface area contributed by atoms with Crippen LogP contribution in [0.4, 0.5) is 10.5 Å². The molecule has 1 N–H and O–H groups in total. The Labute approximate surface area is 192 Å². The second-order valence-corrected chi connectivity index (χ2v) is 9.14. The molecule has 0 bridgehead atoms. The minimum absolute atomic E-state index is 0.134. The maximum atomic E-state index is 13.1. The number of nitrogens with zero attached hydrogens (tertiary/aromatic N) is 6. The van der Waals surface area contributed by atoms with Gasteiger partial charge in [0.1, 0.15) is 11.3 Å². The predicted octanol–water partition coefficient (Wildman–Crippen LogP) is 3.60. The summed E-state index contributed by atoms with van der Waals surface area (Å²) in [5.74, 6) is 0.463. The van der Waals surface area contributed by atoms with Crippen molar-refractivity contribution in [2.75, 3.05) is 18.4 Å². The summed E-state index contributed by atoms with van der Waals surface area (Å²) in [7, 11) is 0. The van der Waals surface area contributed by atoms with Crippen molar-refractivity contribution in [1.82, 2.24) is 29.7 Å².